The van der Waals surface area contributed by atoms with E-state index in [0.29, 0.717) is 12.2 Å². The van der Waals surface area contributed by atoms with Crippen LogP contribution in [0, 0.1) is 0 Å². The minimum absolute atomic E-state index is 0.582. The van der Waals surface area contributed by atoms with Gasteiger partial charge in [-0.1, -0.05) is 23.4 Å². The van der Waals surface area contributed by atoms with Crippen LogP contribution in [0.1, 0.15) is 24.3 Å². The second-order valence-electron chi connectivity index (χ2n) is 4.50. The molecule has 5 heteroatoms. The monoisotopic (exact) mass is 254 g/mol. The van der Waals surface area contributed by atoms with Crippen molar-refractivity contribution in [1.82, 2.24) is 20.0 Å². The molecule has 96 valence electrons. The SMILES string of the molecule is CC(O)c1cn(Cc2ccnc3ccccc23)nn1. The number of hydrogen-bond donors (Lipinski definition) is 1. The Morgan fingerprint density at radius 2 is 2.11 bits per heavy atom. The van der Waals surface area contributed by atoms with Crippen molar-refractivity contribution in [3.63, 3.8) is 0 Å². The molecule has 0 aliphatic carbocycles. The Hall–Kier alpha value is -2.27. The number of hydrogen-bond acceptors (Lipinski definition) is 4. The molecular formula is C14H14N4O. The second-order valence-corrected chi connectivity index (χ2v) is 4.50. The molecule has 0 amide bonds. The Morgan fingerprint density at radius 3 is 2.89 bits per heavy atom. The maximum absolute atomic E-state index is 9.45. The summed E-state index contributed by atoms with van der Waals surface area (Å²) in [4.78, 5) is 4.33. The molecule has 2 aromatic heterocycles. The molecule has 1 atom stereocenters. The van der Waals surface area contributed by atoms with Gasteiger partial charge in [0.05, 0.1) is 24.4 Å². The van der Waals surface area contributed by atoms with Crippen molar-refractivity contribution in [3.05, 3.63) is 54.0 Å². The Kier molecular flexibility index (Phi) is 2.97. The van der Waals surface area contributed by atoms with E-state index in [0.717, 1.165) is 16.5 Å². The van der Waals surface area contributed by atoms with Crippen LogP contribution >= 0.6 is 0 Å². The number of rotatable bonds is 3. The smallest absolute Gasteiger partial charge is 0.111 e. The number of aliphatic hydroxyl groups is 1. The largest absolute Gasteiger partial charge is 0.387 e. The van der Waals surface area contributed by atoms with Crippen LogP contribution in [0.25, 0.3) is 10.9 Å². The van der Waals surface area contributed by atoms with Crippen molar-refractivity contribution in [2.75, 3.05) is 0 Å². The molecule has 0 radical (unpaired) electrons. The molecule has 1 aromatic carbocycles. The van der Waals surface area contributed by atoms with Gasteiger partial charge in [0.25, 0.3) is 0 Å². The molecule has 0 spiro atoms. The molecule has 0 fully saturated rings. The third kappa shape index (κ3) is 2.32. The fourth-order valence-electron chi connectivity index (χ4n) is 2.05. The van der Waals surface area contributed by atoms with Crippen LogP contribution in [-0.2, 0) is 6.54 Å². The first-order valence-electron chi connectivity index (χ1n) is 6.15. The third-order valence-electron chi connectivity index (χ3n) is 3.06. The zero-order valence-corrected chi connectivity index (χ0v) is 10.6. The highest BCUT2D eigenvalue weighted by Crippen LogP contribution is 2.17. The summed E-state index contributed by atoms with van der Waals surface area (Å²) in [6.07, 6.45) is 2.97. The van der Waals surface area contributed by atoms with Crippen LogP contribution in [0.4, 0.5) is 0 Å². The molecule has 0 bridgehead atoms. The molecule has 5 nitrogen and oxygen atoms in total. The van der Waals surface area contributed by atoms with Crippen molar-refractivity contribution < 1.29 is 5.11 Å². The molecular weight excluding hydrogens is 240 g/mol. The van der Waals surface area contributed by atoms with Gasteiger partial charge in [-0.15, -0.1) is 5.10 Å². The molecule has 2 heterocycles. The van der Waals surface area contributed by atoms with Gasteiger partial charge in [-0.2, -0.15) is 0 Å². The third-order valence-corrected chi connectivity index (χ3v) is 3.06. The molecule has 0 aliphatic rings. The zero-order chi connectivity index (χ0) is 13.2. The summed E-state index contributed by atoms with van der Waals surface area (Å²) in [6, 6.07) is 9.98. The Balaban J connectivity index is 1.96. The van der Waals surface area contributed by atoms with E-state index >= 15 is 0 Å². The topological polar surface area (TPSA) is 63.8 Å². The molecule has 19 heavy (non-hydrogen) atoms. The minimum Gasteiger partial charge on any atom is -0.387 e. The minimum atomic E-state index is -0.595. The Morgan fingerprint density at radius 1 is 1.26 bits per heavy atom. The molecule has 0 aliphatic heterocycles. The first-order valence-corrected chi connectivity index (χ1v) is 6.15. The predicted molar refractivity (Wildman–Crippen MR) is 71.5 cm³/mol. The lowest BCUT2D eigenvalue weighted by atomic mass is 10.1. The lowest BCUT2D eigenvalue weighted by Gasteiger charge is -2.05. The quantitative estimate of drug-likeness (QED) is 0.775. The maximum Gasteiger partial charge on any atom is 0.111 e. The Labute approximate surface area is 110 Å². The number of aliphatic hydroxyl groups excluding tert-OH is 1. The highest BCUT2D eigenvalue weighted by Gasteiger charge is 2.08. The van der Waals surface area contributed by atoms with Gasteiger partial charge in [0.1, 0.15) is 5.69 Å². The van der Waals surface area contributed by atoms with E-state index in [1.54, 1.807) is 24.0 Å². The van der Waals surface area contributed by atoms with Crippen LogP contribution in [-0.4, -0.2) is 25.1 Å². The van der Waals surface area contributed by atoms with Crippen LogP contribution in [0.5, 0.6) is 0 Å². The second kappa shape index (κ2) is 4.78. The summed E-state index contributed by atoms with van der Waals surface area (Å²) < 4.78 is 1.73. The van der Waals surface area contributed by atoms with E-state index in [2.05, 4.69) is 15.3 Å². The van der Waals surface area contributed by atoms with E-state index in [4.69, 9.17) is 0 Å². The lowest BCUT2D eigenvalue weighted by Crippen LogP contribution is -2.01. The fraction of sp³-hybridized carbons (Fsp3) is 0.214. The number of pyridine rings is 1. The number of nitrogens with zero attached hydrogens (tertiary/aromatic N) is 4. The van der Waals surface area contributed by atoms with Crippen LogP contribution in [0.3, 0.4) is 0 Å². The maximum atomic E-state index is 9.45. The van der Waals surface area contributed by atoms with Crippen molar-refractivity contribution in [3.8, 4) is 0 Å². The van der Waals surface area contributed by atoms with Crippen molar-refractivity contribution in [2.24, 2.45) is 0 Å². The van der Waals surface area contributed by atoms with Gasteiger partial charge >= 0.3 is 0 Å². The van der Waals surface area contributed by atoms with Crippen LogP contribution in [0.2, 0.25) is 0 Å². The number of para-hydroxylation sites is 1. The van der Waals surface area contributed by atoms with E-state index in [-0.39, 0.29) is 0 Å². The molecule has 3 aromatic rings. The number of aromatic nitrogens is 4. The normalized spacial score (nSPS) is 12.7. The fourth-order valence-corrected chi connectivity index (χ4v) is 2.05. The number of fused-ring (bicyclic) bond motifs is 1. The van der Waals surface area contributed by atoms with Gasteiger partial charge in [0.2, 0.25) is 0 Å². The first kappa shape index (κ1) is 11.8. The zero-order valence-electron chi connectivity index (χ0n) is 10.6. The van der Waals surface area contributed by atoms with E-state index in [9.17, 15) is 5.11 Å². The summed E-state index contributed by atoms with van der Waals surface area (Å²) in [6.45, 7) is 2.29. The van der Waals surface area contributed by atoms with Gasteiger partial charge in [0, 0.05) is 11.6 Å². The summed E-state index contributed by atoms with van der Waals surface area (Å²) in [5, 5.41) is 18.5. The van der Waals surface area contributed by atoms with Crippen molar-refractivity contribution in [1.29, 1.82) is 0 Å². The molecule has 0 saturated carbocycles. The summed E-state index contributed by atoms with van der Waals surface area (Å²) in [5.41, 5.74) is 2.68. The Bertz CT molecular complexity index is 700. The lowest BCUT2D eigenvalue weighted by molar-refractivity contribution is 0.194. The highest BCUT2D eigenvalue weighted by atomic mass is 16.3. The van der Waals surface area contributed by atoms with Gasteiger partial charge in [-0.25, -0.2) is 4.68 Å². The molecule has 3 rings (SSSR count). The molecule has 0 saturated heterocycles. The van der Waals surface area contributed by atoms with Crippen molar-refractivity contribution in [2.45, 2.75) is 19.6 Å². The van der Waals surface area contributed by atoms with Gasteiger partial charge in [0.15, 0.2) is 0 Å². The average Bonchev–Trinajstić information content (AvgIpc) is 2.88. The van der Waals surface area contributed by atoms with Crippen molar-refractivity contribution >= 4 is 10.9 Å². The van der Waals surface area contributed by atoms with E-state index in [1.807, 2.05) is 30.3 Å². The van der Waals surface area contributed by atoms with Gasteiger partial charge in [-0.05, 0) is 24.6 Å². The van der Waals surface area contributed by atoms with Crippen LogP contribution in [0.15, 0.2) is 42.7 Å². The van der Waals surface area contributed by atoms with Gasteiger partial charge in [-0.3, -0.25) is 4.98 Å². The average molecular weight is 254 g/mol. The standard InChI is InChI=1S/C14H14N4O/c1-10(19)14-9-18(17-16-14)8-11-6-7-15-13-5-3-2-4-12(11)13/h2-7,9-10,19H,8H2,1H3. The predicted octanol–water partition coefficient (Wildman–Crippen LogP) is 1.93. The summed E-state index contributed by atoms with van der Waals surface area (Å²) in [5.74, 6) is 0. The van der Waals surface area contributed by atoms with E-state index < -0.39 is 6.10 Å². The van der Waals surface area contributed by atoms with Crippen LogP contribution < -0.4 is 0 Å². The summed E-state index contributed by atoms with van der Waals surface area (Å²) in [7, 11) is 0. The molecule has 1 N–H and O–H groups in total. The van der Waals surface area contributed by atoms with E-state index in [1.165, 1.54) is 0 Å². The number of benzene rings is 1. The summed E-state index contributed by atoms with van der Waals surface area (Å²) >= 11 is 0. The highest BCUT2D eigenvalue weighted by molar-refractivity contribution is 5.81. The first-order chi connectivity index (χ1) is 9.24. The van der Waals surface area contributed by atoms with Gasteiger partial charge < -0.3 is 5.11 Å². The molecule has 1 unspecified atom stereocenters.